The van der Waals surface area contributed by atoms with Crippen LogP contribution in [0.25, 0.3) is 0 Å². The third-order valence-corrected chi connectivity index (χ3v) is 7.14. The molecule has 0 spiro atoms. The maximum Gasteiger partial charge on any atom is 0.191 e. The van der Waals surface area contributed by atoms with E-state index in [1.807, 2.05) is 0 Å². The summed E-state index contributed by atoms with van der Waals surface area (Å²) in [5.41, 5.74) is 0. The molecule has 0 saturated heterocycles. The Labute approximate surface area is 169 Å². The smallest absolute Gasteiger partial charge is 0.191 e. The average Bonchev–Trinajstić information content (AvgIpc) is 3.43. The molecule has 2 fully saturated rings. The number of aromatic nitrogens is 3. The number of ether oxygens (including phenoxy) is 1. The van der Waals surface area contributed by atoms with Crippen molar-refractivity contribution in [3.63, 3.8) is 0 Å². The van der Waals surface area contributed by atoms with Crippen molar-refractivity contribution in [3.05, 3.63) is 35.9 Å². The summed E-state index contributed by atoms with van der Waals surface area (Å²) in [6.45, 7) is 2.42. The number of fused-ring (bicyclic) bond motifs is 2. The van der Waals surface area contributed by atoms with Crippen molar-refractivity contribution in [1.29, 1.82) is 5.26 Å². The third kappa shape index (κ3) is 3.88. The number of benzene rings is 1. The summed E-state index contributed by atoms with van der Waals surface area (Å²) in [6, 6.07) is 8.86. The number of halogens is 1. The van der Waals surface area contributed by atoms with Gasteiger partial charge in [-0.2, -0.15) is 5.26 Å². The van der Waals surface area contributed by atoms with E-state index in [4.69, 9.17) is 10.00 Å². The van der Waals surface area contributed by atoms with Crippen molar-refractivity contribution in [2.24, 2.45) is 17.8 Å². The van der Waals surface area contributed by atoms with Gasteiger partial charge < -0.3 is 4.74 Å². The van der Waals surface area contributed by atoms with Crippen LogP contribution in [0.5, 0.6) is 5.75 Å². The lowest BCUT2D eigenvalue weighted by Crippen LogP contribution is -2.24. The van der Waals surface area contributed by atoms with Gasteiger partial charge in [0.05, 0.1) is 6.07 Å². The van der Waals surface area contributed by atoms with Crippen molar-refractivity contribution >= 4 is 11.8 Å². The summed E-state index contributed by atoms with van der Waals surface area (Å²) < 4.78 is 21.8. The number of rotatable bonds is 8. The van der Waals surface area contributed by atoms with Gasteiger partial charge in [-0.05, 0) is 56.1 Å². The molecule has 2 aromatic rings. The Morgan fingerprint density at radius 1 is 1.32 bits per heavy atom. The molecular weight excluding hydrogens is 375 g/mol. The number of hydrogen-bond donors (Lipinski definition) is 0. The molecule has 1 heterocycles. The minimum absolute atomic E-state index is 0.178. The molecule has 2 bridgehead atoms. The summed E-state index contributed by atoms with van der Waals surface area (Å²) in [6.07, 6.45) is 5.76. The number of nitriles is 1. The Morgan fingerprint density at radius 2 is 2.18 bits per heavy atom. The van der Waals surface area contributed by atoms with Crippen LogP contribution in [0.15, 0.2) is 29.4 Å². The average molecular weight is 401 g/mol. The van der Waals surface area contributed by atoms with Crippen LogP contribution >= 0.6 is 11.8 Å². The summed E-state index contributed by atoms with van der Waals surface area (Å²) in [5.74, 6) is 3.52. The van der Waals surface area contributed by atoms with Crippen LogP contribution in [0.3, 0.4) is 0 Å². The number of hydrogen-bond acceptors (Lipinski definition) is 5. The zero-order valence-electron chi connectivity index (χ0n) is 16.1. The van der Waals surface area contributed by atoms with E-state index in [2.05, 4.69) is 27.8 Å². The Hall–Kier alpha value is -2.07. The minimum atomic E-state index is -0.377. The van der Waals surface area contributed by atoms with Crippen LogP contribution in [0.2, 0.25) is 0 Å². The second-order valence-electron chi connectivity index (χ2n) is 7.82. The first kappa shape index (κ1) is 19.3. The monoisotopic (exact) mass is 400 g/mol. The van der Waals surface area contributed by atoms with Crippen molar-refractivity contribution < 1.29 is 9.13 Å². The highest BCUT2D eigenvalue weighted by Crippen LogP contribution is 2.52. The van der Waals surface area contributed by atoms with E-state index in [0.29, 0.717) is 18.1 Å². The molecule has 0 aliphatic heterocycles. The van der Waals surface area contributed by atoms with E-state index in [1.54, 1.807) is 30.0 Å². The molecule has 7 heteroatoms. The van der Waals surface area contributed by atoms with Crippen molar-refractivity contribution in [2.45, 2.75) is 56.8 Å². The van der Waals surface area contributed by atoms with Crippen LogP contribution in [0.1, 0.15) is 50.9 Å². The van der Waals surface area contributed by atoms with Crippen LogP contribution < -0.4 is 4.74 Å². The Balaban J connectivity index is 1.55. The highest BCUT2D eigenvalue weighted by molar-refractivity contribution is 7.99. The van der Waals surface area contributed by atoms with Gasteiger partial charge in [-0.3, -0.25) is 4.57 Å². The molecule has 0 N–H and O–H groups in total. The molecule has 2 saturated carbocycles. The third-order valence-electron chi connectivity index (χ3n) is 6.19. The van der Waals surface area contributed by atoms with Gasteiger partial charge >= 0.3 is 0 Å². The van der Waals surface area contributed by atoms with Crippen molar-refractivity contribution in [3.8, 4) is 11.8 Å². The minimum Gasteiger partial charge on any atom is -0.483 e. The Kier molecular flexibility index (Phi) is 5.86. The molecule has 28 heavy (non-hydrogen) atoms. The van der Waals surface area contributed by atoms with Gasteiger partial charge in [0.1, 0.15) is 6.61 Å². The zero-order chi connectivity index (χ0) is 19.5. The van der Waals surface area contributed by atoms with E-state index in [1.165, 1.54) is 31.7 Å². The molecule has 0 radical (unpaired) electrons. The van der Waals surface area contributed by atoms with Gasteiger partial charge in [0.25, 0.3) is 0 Å². The van der Waals surface area contributed by atoms with Gasteiger partial charge in [-0.15, -0.1) is 10.2 Å². The van der Waals surface area contributed by atoms with Gasteiger partial charge in [-0.25, -0.2) is 4.39 Å². The standard InChI is InChI=1S/C21H25FN4OS/c1-14(17-12-15-7-8-16(17)11-15)26-20(24-25-21(26)28-10-4-9-23)13-27-19-6-3-2-5-18(19)22/h2-3,5-6,14-17H,4,7-8,10-13H2,1H3/t14-,15+,16+,17-/m0/s1. The number of thioether (sulfide) groups is 1. The van der Waals surface area contributed by atoms with E-state index >= 15 is 0 Å². The summed E-state index contributed by atoms with van der Waals surface area (Å²) in [7, 11) is 0. The SMILES string of the molecule is C[C@@H]([C@@H]1C[C@@H]2CC[C@@H]1C2)n1c(COc2ccccc2F)nnc1SCCC#N. The Morgan fingerprint density at radius 3 is 2.89 bits per heavy atom. The molecule has 2 aliphatic rings. The fourth-order valence-electron chi connectivity index (χ4n) is 4.88. The fraction of sp³-hybridized carbons (Fsp3) is 0.571. The maximum atomic E-state index is 13.9. The fourth-order valence-corrected chi connectivity index (χ4v) is 5.77. The molecule has 1 aromatic carbocycles. The zero-order valence-corrected chi connectivity index (χ0v) is 16.9. The summed E-state index contributed by atoms with van der Waals surface area (Å²) >= 11 is 1.56. The molecule has 0 unspecified atom stereocenters. The first-order valence-corrected chi connectivity index (χ1v) is 11.0. The first-order chi connectivity index (χ1) is 13.7. The molecule has 0 amide bonds. The molecule has 4 atom stereocenters. The molecular formula is C21H25FN4OS. The number of nitrogens with zero attached hydrogens (tertiary/aromatic N) is 4. The van der Waals surface area contributed by atoms with Crippen LogP contribution in [0.4, 0.5) is 4.39 Å². The maximum absolute atomic E-state index is 13.9. The lowest BCUT2D eigenvalue weighted by atomic mass is 9.84. The van der Waals surface area contributed by atoms with Crippen LogP contribution in [-0.4, -0.2) is 20.5 Å². The largest absolute Gasteiger partial charge is 0.483 e. The predicted octanol–water partition coefficient (Wildman–Crippen LogP) is 5.00. The molecule has 1 aromatic heterocycles. The van der Waals surface area contributed by atoms with Crippen molar-refractivity contribution in [1.82, 2.24) is 14.8 Å². The second-order valence-corrected chi connectivity index (χ2v) is 8.89. The molecule has 148 valence electrons. The molecule has 5 nitrogen and oxygen atoms in total. The quantitative estimate of drug-likeness (QED) is 0.461. The van der Waals surface area contributed by atoms with E-state index in [-0.39, 0.29) is 24.2 Å². The highest BCUT2D eigenvalue weighted by Gasteiger charge is 2.43. The van der Waals surface area contributed by atoms with Gasteiger partial charge in [0.15, 0.2) is 22.5 Å². The van der Waals surface area contributed by atoms with Gasteiger partial charge in [0.2, 0.25) is 0 Å². The normalized spacial score (nSPS) is 24.2. The molecule has 4 rings (SSSR count). The van der Waals surface area contributed by atoms with E-state index in [0.717, 1.165) is 22.8 Å². The van der Waals surface area contributed by atoms with Gasteiger partial charge in [0, 0.05) is 18.2 Å². The Bertz CT molecular complexity index is 864. The summed E-state index contributed by atoms with van der Waals surface area (Å²) in [4.78, 5) is 0. The molecule has 2 aliphatic carbocycles. The van der Waals surface area contributed by atoms with Crippen molar-refractivity contribution in [2.75, 3.05) is 5.75 Å². The van der Waals surface area contributed by atoms with E-state index < -0.39 is 0 Å². The predicted molar refractivity (Wildman–Crippen MR) is 105 cm³/mol. The lowest BCUT2D eigenvalue weighted by molar-refractivity contribution is 0.215. The summed E-state index contributed by atoms with van der Waals surface area (Å²) in [5, 5.41) is 18.4. The van der Waals surface area contributed by atoms with Crippen LogP contribution in [-0.2, 0) is 6.61 Å². The lowest BCUT2D eigenvalue weighted by Gasteiger charge is -2.30. The highest BCUT2D eigenvalue weighted by atomic mass is 32.2. The number of para-hydroxylation sites is 1. The van der Waals surface area contributed by atoms with E-state index in [9.17, 15) is 4.39 Å². The van der Waals surface area contributed by atoms with Crippen LogP contribution in [0, 0.1) is 34.9 Å². The second kappa shape index (κ2) is 8.52. The topological polar surface area (TPSA) is 63.7 Å². The first-order valence-electron chi connectivity index (χ1n) is 9.98. The van der Waals surface area contributed by atoms with Gasteiger partial charge in [-0.1, -0.05) is 30.3 Å².